The lowest BCUT2D eigenvalue weighted by molar-refractivity contribution is -0.131. The van der Waals surface area contributed by atoms with Crippen molar-refractivity contribution in [2.75, 3.05) is 0 Å². The van der Waals surface area contributed by atoms with Gasteiger partial charge in [0.05, 0.1) is 9.13 Å². The Hall–Kier alpha value is -0.380. The van der Waals surface area contributed by atoms with Gasteiger partial charge >= 0.3 is 11.9 Å². The minimum atomic E-state index is -0.994. The van der Waals surface area contributed by atoms with Crippen molar-refractivity contribution in [1.82, 2.24) is 0 Å². The zero-order chi connectivity index (χ0) is 11.6. The third-order valence-corrected chi connectivity index (χ3v) is 4.75. The third-order valence-electron chi connectivity index (χ3n) is 1.53. The largest absolute Gasteiger partial charge is 0.478 e. The predicted octanol–water partition coefficient (Wildman–Crippen LogP) is 2.52. The van der Waals surface area contributed by atoms with Gasteiger partial charge in [0.1, 0.15) is 5.75 Å². The highest BCUT2D eigenvalue weighted by atomic mass is 127. The molecule has 0 amide bonds. The van der Waals surface area contributed by atoms with E-state index >= 15 is 0 Å². The molecule has 1 rings (SSSR count). The Balaban J connectivity index is 3.21. The lowest BCUT2D eigenvalue weighted by Gasteiger charge is -2.07. The molecule has 0 spiro atoms. The summed E-state index contributed by atoms with van der Waals surface area (Å²) in [7, 11) is 0. The summed E-state index contributed by atoms with van der Waals surface area (Å²) in [5.74, 6) is -1.03. The van der Waals surface area contributed by atoms with E-state index in [1.54, 1.807) is 0 Å². The number of carbonyl (C=O) groups is 2. The first-order valence-corrected chi connectivity index (χ1v) is 5.99. The number of ether oxygens (including phenoxy) is 1. The Labute approximate surface area is 113 Å². The van der Waals surface area contributed by atoms with Crippen LogP contribution in [0.5, 0.6) is 5.75 Å². The molecule has 0 aliphatic heterocycles. The molecule has 0 radical (unpaired) electrons. The van der Waals surface area contributed by atoms with Crippen LogP contribution in [-0.4, -0.2) is 17.0 Å². The molecule has 0 aliphatic carbocycles. The standard InChI is InChI=1S/C9H6I2O4/c1-4(12)15-6-3-2-5(9(13)14)7(10)8(6)11/h2-3H,1H3,(H,13,14). The van der Waals surface area contributed by atoms with Crippen LogP contribution in [0.15, 0.2) is 12.1 Å². The zero-order valence-electron chi connectivity index (χ0n) is 7.58. The van der Waals surface area contributed by atoms with Crippen molar-refractivity contribution in [3.8, 4) is 5.75 Å². The van der Waals surface area contributed by atoms with E-state index in [1.165, 1.54) is 19.1 Å². The van der Waals surface area contributed by atoms with Crippen LogP contribution in [0.25, 0.3) is 0 Å². The molecule has 15 heavy (non-hydrogen) atoms. The maximum absolute atomic E-state index is 10.8. The quantitative estimate of drug-likeness (QED) is 0.444. The second-order valence-corrected chi connectivity index (χ2v) is 4.80. The summed E-state index contributed by atoms with van der Waals surface area (Å²) in [4.78, 5) is 21.5. The van der Waals surface area contributed by atoms with Crippen LogP contribution in [0.3, 0.4) is 0 Å². The smallest absolute Gasteiger partial charge is 0.336 e. The average Bonchev–Trinajstić information content (AvgIpc) is 2.12. The molecule has 0 saturated carbocycles. The predicted molar refractivity (Wildman–Crippen MR) is 70.1 cm³/mol. The van der Waals surface area contributed by atoms with Crippen LogP contribution in [0.2, 0.25) is 0 Å². The molecule has 0 unspecified atom stereocenters. The molecular weight excluding hydrogens is 426 g/mol. The van der Waals surface area contributed by atoms with E-state index in [0.717, 1.165) is 0 Å². The van der Waals surface area contributed by atoms with Crippen LogP contribution in [-0.2, 0) is 4.79 Å². The van der Waals surface area contributed by atoms with Crippen molar-refractivity contribution in [3.05, 3.63) is 24.8 Å². The van der Waals surface area contributed by atoms with Gasteiger partial charge in [0, 0.05) is 10.5 Å². The average molecular weight is 432 g/mol. The highest BCUT2D eigenvalue weighted by molar-refractivity contribution is 14.1. The van der Waals surface area contributed by atoms with Gasteiger partial charge in [0.15, 0.2) is 0 Å². The summed E-state index contributed by atoms with van der Waals surface area (Å²) in [5.41, 5.74) is 0.205. The Kier molecular flexibility index (Phi) is 4.32. The fourth-order valence-electron chi connectivity index (χ4n) is 0.931. The minimum Gasteiger partial charge on any atom is -0.478 e. The monoisotopic (exact) mass is 432 g/mol. The number of carboxylic acid groups (broad SMARTS) is 1. The Bertz CT molecular complexity index is 428. The molecule has 4 nitrogen and oxygen atoms in total. The highest BCUT2D eigenvalue weighted by Gasteiger charge is 2.15. The van der Waals surface area contributed by atoms with Crippen molar-refractivity contribution in [1.29, 1.82) is 0 Å². The molecule has 0 aliphatic rings. The maximum atomic E-state index is 10.8. The summed E-state index contributed by atoms with van der Waals surface area (Å²) >= 11 is 3.86. The second kappa shape index (κ2) is 5.10. The van der Waals surface area contributed by atoms with E-state index in [1.807, 2.05) is 45.2 Å². The minimum absolute atomic E-state index is 0.205. The zero-order valence-corrected chi connectivity index (χ0v) is 11.9. The van der Waals surface area contributed by atoms with Gasteiger partial charge in [-0.1, -0.05) is 0 Å². The summed E-state index contributed by atoms with van der Waals surface area (Å²) < 4.78 is 6.11. The van der Waals surface area contributed by atoms with E-state index in [9.17, 15) is 9.59 Å². The molecular formula is C9H6I2O4. The van der Waals surface area contributed by atoms with Gasteiger partial charge in [-0.25, -0.2) is 4.79 Å². The molecule has 0 saturated heterocycles. The number of benzene rings is 1. The van der Waals surface area contributed by atoms with E-state index < -0.39 is 11.9 Å². The number of carbonyl (C=O) groups excluding carboxylic acids is 1. The molecule has 1 aromatic rings. The van der Waals surface area contributed by atoms with Crippen LogP contribution in [0, 0.1) is 7.14 Å². The molecule has 0 atom stereocenters. The lowest BCUT2D eigenvalue weighted by Crippen LogP contribution is -2.06. The van der Waals surface area contributed by atoms with Gasteiger partial charge in [0.2, 0.25) is 0 Å². The first-order valence-electron chi connectivity index (χ1n) is 3.83. The Morgan fingerprint density at radius 3 is 2.33 bits per heavy atom. The number of hydrogen-bond acceptors (Lipinski definition) is 3. The number of carboxylic acids is 1. The normalized spacial score (nSPS) is 9.80. The molecule has 1 N–H and O–H groups in total. The molecule has 0 heterocycles. The fourth-order valence-corrected chi connectivity index (χ4v) is 2.19. The van der Waals surface area contributed by atoms with Crippen molar-refractivity contribution in [2.24, 2.45) is 0 Å². The summed E-state index contributed by atoms with van der Waals surface area (Å²) in [5, 5.41) is 8.85. The highest BCUT2D eigenvalue weighted by Crippen LogP contribution is 2.28. The van der Waals surface area contributed by atoms with Crippen molar-refractivity contribution in [2.45, 2.75) is 6.92 Å². The van der Waals surface area contributed by atoms with Gasteiger partial charge in [-0.3, -0.25) is 4.79 Å². The van der Waals surface area contributed by atoms with Crippen LogP contribution < -0.4 is 4.74 Å². The van der Waals surface area contributed by atoms with Crippen molar-refractivity contribution < 1.29 is 19.4 Å². The fraction of sp³-hybridized carbons (Fsp3) is 0.111. The number of aromatic carboxylic acids is 1. The summed E-state index contributed by atoms with van der Waals surface area (Å²) in [6.07, 6.45) is 0. The van der Waals surface area contributed by atoms with Gasteiger partial charge < -0.3 is 9.84 Å². The molecule has 0 fully saturated rings. The maximum Gasteiger partial charge on any atom is 0.336 e. The van der Waals surface area contributed by atoms with Crippen molar-refractivity contribution >= 4 is 57.1 Å². The van der Waals surface area contributed by atoms with E-state index in [-0.39, 0.29) is 5.56 Å². The first kappa shape index (κ1) is 12.7. The van der Waals surface area contributed by atoms with Crippen LogP contribution in [0.4, 0.5) is 0 Å². The first-order chi connectivity index (χ1) is 6.93. The van der Waals surface area contributed by atoms with Crippen LogP contribution >= 0.6 is 45.2 Å². The van der Waals surface area contributed by atoms with Gasteiger partial charge in [-0.15, -0.1) is 0 Å². The van der Waals surface area contributed by atoms with Gasteiger partial charge in [-0.2, -0.15) is 0 Å². The lowest BCUT2D eigenvalue weighted by atomic mass is 10.2. The van der Waals surface area contributed by atoms with Gasteiger partial charge in [-0.05, 0) is 57.3 Å². The molecule has 0 bridgehead atoms. The molecule has 80 valence electrons. The van der Waals surface area contributed by atoms with E-state index in [4.69, 9.17) is 9.84 Å². The van der Waals surface area contributed by atoms with E-state index in [2.05, 4.69) is 0 Å². The van der Waals surface area contributed by atoms with Crippen LogP contribution in [0.1, 0.15) is 17.3 Å². The number of hydrogen-bond donors (Lipinski definition) is 1. The number of esters is 1. The van der Waals surface area contributed by atoms with Crippen molar-refractivity contribution in [3.63, 3.8) is 0 Å². The Morgan fingerprint density at radius 1 is 1.27 bits per heavy atom. The molecule has 6 heteroatoms. The number of halogens is 2. The SMILES string of the molecule is CC(=O)Oc1ccc(C(=O)O)c(I)c1I. The molecule has 1 aromatic carbocycles. The van der Waals surface area contributed by atoms with Gasteiger partial charge in [0.25, 0.3) is 0 Å². The topological polar surface area (TPSA) is 63.6 Å². The Morgan fingerprint density at radius 2 is 1.87 bits per heavy atom. The van der Waals surface area contributed by atoms with E-state index in [0.29, 0.717) is 12.9 Å². The summed E-state index contributed by atoms with van der Waals surface area (Å²) in [6, 6.07) is 2.90. The third kappa shape index (κ3) is 3.03. The molecule has 0 aromatic heterocycles. The second-order valence-electron chi connectivity index (χ2n) is 2.64. The number of rotatable bonds is 2. The summed E-state index contributed by atoms with van der Waals surface area (Å²) in [6.45, 7) is 1.30.